The van der Waals surface area contributed by atoms with Gasteiger partial charge in [0.15, 0.2) is 0 Å². The normalized spacial score (nSPS) is 32.3. The summed E-state index contributed by atoms with van der Waals surface area (Å²) < 4.78 is 5.27. The Hall–Kier alpha value is -0.610. The minimum Gasteiger partial charge on any atom is -0.378 e. The first-order chi connectivity index (χ1) is 9.18. The van der Waals surface area contributed by atoms with Crippen LogP contribution in [0.1, 0.15) is 39.5 Å². The van der Waals surface area contributed by atoms with Gasteiger partial charge in [-0.15, -0.1) is 0 Å². The van der Waals surface area contributed by atoms with Gasteiger partial charge in [0.2, 0.25) is 5.91 Å². The van der Waals surface area contributed by atoms with E-state index in [4.69, 9.17) is 4.74 Å². The molecule has 0 aromatic carbocycles. The van der Waals surface area contributed by atoms with Crippen LogP contribution >= 0.6 is 0 Å². The van der Waals surface area contributed by atoms with Crippen LogP contribution in [0.4, 0.5) is 0 Å². The maximum absolute atomic E-state index is 12.0. The van der Waals surface area contributed by atoms with E-state index in [1.54, 1.807) is 0 Å². The van der Waals surface area contributed by atoms with Gasteiger partial charge < -0.3 is 15.0 Å². The third-order valence-electron chi connectivity index (χ3n) is 4.63. The predicted molar refractivity (Wildman–Crippen MR) is 76.0 cm³/mol. The third kappa shape index (κ3) is 4.18. The molecule has 1 N–H and O–H groups in total. The largest absolute Gasteiger partial charge is 0.378 e. The van der Waals surface area contributed by atoms with Crippen molar-refractivity contribution < 1.29 is 9.53 Å². The molecule has 2 unspecified atom stereocenters. The standard InChI is InChI=1S/C15H28N2O2/c1-12-4-3-5-13(2)15(12)16-7-6-14(18)17-8-10-19-11-9-17/h12-13,15-16H,3-11H2,1-2H3. The van der Waals surface area contributed by atoms with Crippen molar-refractivity contribution in [3.8, 4) is 0 Å². The molecule has 4 heteroatoms. The fourth-order valence-corrected chi connectivity index (χ4v) is 3.40. The van der Waals surface area contributed by atoms with Gasteiger partial charge in [0, 0.05) is 32.1 Å². The van der Waals surface area contributed by atoms with Crippen molar-refractivity contribution in [1.29, 1.82) is 0 Å². The summed E-state index contributed by atoms with van der Waals surface area (Å²) in [5, 5.41) is 3.61. The van der Waals surface area contributed by atoms with Gasteiger partial charge in [-0.2, -0.15) is 0 Å². The van der Waals surface area contributed by atoms with Gasteiger partial charge in [0.1, 0.15) is 0 Å². The van der Waals surface area contributed by atoms with Crippen LogP contribution in [-0.2, 0) is 9.53 Å². The lowest BCUT2D eigenvalue weighted by Crippen LogP contribution is -2.45. The molecule has 110 valence electrons. The lowest BCUT2D eigenvalue weighted by Gasteiger charge is -2.35. The maximum Gasteiger partial charge on any atom is 0.224 e. The molecule has 1 aliphatic heterocycles. The van der Waals surface area contributed by atoms with Crippen molar-refractivity contribution in [3.05, 3.63) is 0 Å². The zero-order chi connectivity index (χ0) is 13.7. The van der Waals surface area contributed by atoms with Crippen LogP contribution in [0, 0.1) is 11.8 Å². The Labute approximate surface area is 116 Å². The third-order valence-corrected chi connectivity index (χ3v) is 4.63. The molecule has 0 spiro atoms. The Bertz CT molecular complexity index is 280. The first kappa shape index (κ1) is 14.8. The number of ether oxygens (including phenoxy) is 1. The summed E-state index contributed by atoms with van der Waals surface area (Å²) in [7, 11) is 0. The van der Waals surface area contributed by atoms with Gasteiger partial charge in [-0.25, -0.2) is 0 Å². The lowest BCUT2D eigenvalue weighted by atomic mass is 9.79. The molecule has 0 radical (unpaired) electrons. The number of rotatable bonds is 4. The molecule has 1 saturated heterocycles. The van der Waals surface area contributed by atoms with Crippen LogP contribution in [0.25, 0.3) is 0 Å². The molecule has 1 heterocycles. The van der Waals surface area contributed by atoms with Gasteiger partial charge in [0.25, 0.3) is 0 Å². The maximum atomic E-state index is 12.0. The Morgan fingerprint density at radius 3 is 2.47 bits per heavy atom. The highest BCUT2D eigenvalue weighted by atomic mass is 16.5. The number of nitrogens with zero attached hydrogens (tertiary/aromatic N) is 1. The second-order valence-corrected chi connectivity index (χ2v) is 6.11. The lowest BCUT2D eigenvalue weighted by molar-refractivity contribution is -0.135. The average molecular weight is 268 g/mol. The highest BCUT2D eigenvalue weighted by Gasteiger charge is 2.27. The first-order valence-corrected chi connectivity index (χ1v) is 7.77. The first-order valence-electron chi connectivity index (χ1n) is 7.77. The second-order valence-electron chi connectivity index (χ2n) is 6.11. The summed E-state index contributed by atoms with van der Waals surface area (Å²) in [6.07, 6.45) is 4.61. The van der Waals surface area contributed by atoms with Crippen LogP contribution in [0.15, 0.2) is 0 Å². The molecule has 2 rings (SSSR count). The molecule has 2 aliphatic rings. The number of amides is 1. The minimum atomic E-state index is 0.270. The average Bonchev–Trinajstić information content (AvgIpc) is 2.43. The molecular weight excluding hydrogens is 240 g/mol. The van der Waals surface area contributed by atoms with E-state index in [0.29, 0.717) is 25.7 Å². The quantitative estimate of drug-likeness (QED) is 0.843. The van der Waals surface area contributed by atoms with Gasteiger partial charge in [0.05, 0.1) is 13.2 Å². The monoisotopic (exact) mass is 268 g/mol. The fraction of sp³-hybridized carbons (Fsp3) is 0.933. The molecule has 19 heavy (non-hydrogen) atoms. The molecule has 1 amide bonds. The number of hydrogen-bond acceptors (Lipinski definition) is 3. The smallest absolute Gasteiger partial charge is 0.224 e. The van der Waals surface area contributed by atoms with Gasteiger partial charge >= 0.3 is 0 Å². The summed E-state index contributed by atoms with van der Waals surface area (Å²) >= 11 is 0. The van der Waals surface area contributed by atoms with E-state index in [2.05, 4.69) is 19.2 Å². The molecular formula is C15H28N2O2. The van der Waals surface area contributed by atoms with Crippen molar-refractivity contribution in [2.75, 3.05) is 32.8 Å². The van der Waals surface area contributed by atoms with Crippen LogP contribution in [0.2, 0.25) is 0 Å². The molecule has 4 nitrogen and oxygen atoms in total. The van der Waals surface area contributed by atoms with Gasteiger partial charge in [-0.05, 0) is 24.7 Å². The number of hydrogen-bond donors (Lipinski definition) is 1. The van der Waals surface area contributed by atoms with E-state index in [1.165, 1.54) is 19.3 Å². The number of carbonyl (C=O) groups excluding carboxylic acids is 1. The van der Waals surface area contributed by atoms with Crippen molar-refractivity contribution in [1.82, 2.24) is 10.2 Å². The summed E-state index contributed by atoms with van der Waals surface area (Å²) in [6.45, 7) is 8.37. The van der Waals surface area contributed by atoms with E-state index in [0.717, 1.165) is 31.5 Å². The van der Waals surface area contributed by atoms with Crippen LogP contribution in [0.3, 0.4) is 0 Å². The zero-order valence-corrected chi connectivity index (χ0v) is 12.4. The van der Waals surface area contributed by atoms with Gasteiger partial charge in [-0.3, -0.25) is 4.79 Å². The molecule has 2 fully saturated rings. The highest BCUT2D eigenvalue weighted by molar-refractivity contribution is 5.76. The topological polar surface area (TPSA) is 41.6 Å². The Kier molecular flexibility index (Phi) is 5.64. The van der Waals surface area contributed by atoms with Crippen molar-refractivity contribution >= 4 is 5.91 Å². The minimum absolute atomic E-state index is 0.270. The van der Waals surface area contributed by atoms with Crippen LogP contribution < -0.4 is 5.32 Å². The Morgan fingerprint density at radius 2 is 1.84 bits per heavy atom. The zero-order valence-electron chi connectivity index (χ0n) is 12.4. The summed E-state index contributed by atoms with van der Waals surface area (Å²) in [4.78, 5) is 14.0. The number of morpholine rings is 1. The van der Waals surface area contributed by atoms with E-state index in [9.17, 15) is 4.79 Å². The molecule has 0 bridgehead atoms. The Morgan fingerprint density at radius 1 is 1.21 bits per heavy atom. The van der Waals surface area contributed by atoms with E-state index >= 15 is 0 Å². The molecule has 0 aromatic heterocycles. The fourth-order valence-electron chi connectivity index (χ4n) is 3.40. The summed E-state index contributed by atoms with van der Waals surface area (Å²) in [5.74, 6) is 1.75. The van der Waals surface area contributed by atoms with Crippen molar-refractivity contribution in [2.24, 2.45) is 11.8 Å². The van der Waals surface area contributed by atoms with Gasteiger partial charge in [-0.1, -0.05) is 20.3 Å². The number of carbonyl (C=O) groups is 1. The number of nitrogens with one attached hydrogen (secondary N) is 1. The van der Waals surface area contributed by atoms with E-state index < -0.39 is 0 Å². The van der Waals surface area contributed by atoms with Crippen molar-refractivity contribution in [3.63, 3.8) is 0 Å². The molecule has 2 atom stereocenters. The summed E-state index contributed by atoms with van der Waals surface area (Å²) in [5.41, 5.74) is 0. The Balaban J connectivity index is 1.68. The van der Waals surface area contributed by atoms with E-state index in [-0.39, 0.29) is 5.91 Å². The van der Waals surface area contributed by atoms with E-state index in [1.807, 2.05) is 4.90 Å². The summed E-state index contributed by atoms with van der Waals surface area (Å²) in [6, 6.07) is 0.589. The molecule has 1 aliphatic carbocycles. The molecule has 1 saturated carbocycles. The van der Waals surface area contributed by atoms with Crippen LogP contribution in [-0.4, -0.2) is 49.7 Å². The highest BCUT2D eigenvalue weighted by Crippen LogP contribution is 2.28. The molecule has 0 aromatic rings. The predicted octanol–water partition coefficient (Wildman–Crippen LogP) is 1.65. The van der Waals surface area contributed by atoms with Crippen LogP contribution in [0.5, 0.6) is 0 Å². The SMILES string of the molecule is CC1CCCC(C)C1NCCC(=O)N1CCOCC1. The second kappa shape index (κ2) is 7.25. The van der Waals surface area contributed by atoms with Crippen molar-refractivity contribution in [2.45, 2.75) is 45.6 Å².